The minimum Gasteiger partial charge on any atom is -0.326 e. The van der Waals surface area contributed by atoms with E-state index in [0.717, 1.165) is 4.47 Å². The first-order valence-corrected chi connectivity index (χ1v) is 7.47. The van der Waals surface area contributed by atoms with Crippen molar-refractivity contribution in [3.63, 3.8) is 0 Å². The van der Waals surface area contributed by atoms with Crippen LogP contribution in [0.25, 0.3) is 0 Å². The van der Waals surface area contributed by atoms with E-state index in [4.69, 9.17) is 0 Å². The second-order valence-corrected chi connectivity index (χ2v) is 6.24. The number of rotatable bonds is 3. The molecule has 8 heteroatoms. The van der Waals surface area contributed by atoms with Gasteiger partial charge in [-0.25, -0.2) is 4.98 Å². The van der Waals surface area contributed by atoms with Crippen molar-refractivity contribution in [1.82, 2.24) is 14.8 Å². The van der Waals surface area contributed by atoms with Crippen LogP contribution in [-0.2, 0) is 4.79 Å². The van der Waals surface area contributed by atoms with Crippen molar-refractivity contribution in [2.75, 3.05) is 5.32 Å². The van der Waals surface area contributed by atoms with E-state index in [1.54, 1.807) is 12.1 Å². The van der Waals surface area contributed by atoms with Gasteiger partial charge in [0, 0.05) is 16.6 Å². The van der Waals surface area contributed by atoms with Gasteiger partial charge >= 0.3 is 0 Å². The van der Waals surface area contributed by atoms with Gasteiger partial charge in [0.05, 0.1) is 0 Å². The largest absolute Gasteiger partial charge is 0.326 e. The van der Waals surface area contributed by atoms with Gasteiger partial charge in [0.15, 0.2) is 5.16 Å². The average Bonchev–Trinajstić information content (AvgIpc) is 2.97. The fraction of sp³-hybridized carbons (Fsp3) is 0.167. The molecule has 0 aliphatic carbocycles. The highest BCUT2D eigenvalue weighted by atomic mass is 79.9. The highest BCUT2D eigenvalue weighted by Crippen LogP contribution is 2.31. The highest BCUT2D eigenvalue weighted by Gasteiger charge is 2.34. The van der Waals surface area contributed by atoms with Gasteiger partial charge in [-0.1, -0.05) is 27.7 Å². The number of thioether (sulfide) groups is 1. The smallest absolute Gasteiger partial charge is 0.263 e. The third-order valence-electron chi connectivity index (χ3n) is 2.75. The highest BCUT2D eigenvalue weighted by molar-refractivity contribution is 9.10. The number of aromatic nitrogens is 3. The average molecular weight is 353 g/mol. The Morgan fingerprint density at radius 3 is 2.85 bits per heavy atom. The molecule has 0 radical (unpaired) electrons. The monoisotopic (exact) mass is 352 g/mol. The summed E-state index contributed by atoms with van der Waals surface area (Å²) in [4.78, 5) is 27.8. The molecule has 1 amide bonds. The van der Waals surface area contributed by atoms with Crippen LogP contribution in [0.3, 0.4) is 0 Å². The maximum atomic E-state index is 11.9. The number of amides is 1. The number of fused-ring (bicyclic) bond motifs is 1. The lowest BCUT2D eigenvalue weighted by Crippen LogP contribution is -2.24. The molecule has 2 aromatic rings. The fourth-order valence-electron chi connectivity index (χ4n) is 1.82. The molecule has 3 rings (SSSR count). The Labute approximate surface area is 127 Å². The molecule has 1 aliphatic heterocycles. The SMILES string of the molecule is O=C(C[C@H]1Sc2ncnn2C1=O)Nc1ccc(Br)cc1. The quantitative estimate of drug-likeness (QED) is 0.915. The third-order valence-corrected chi connectivity index (χ3v) is 4.42. The zero-order valence-corrected chi connectivity index (χ0v) is 12.5. The van der Waals surface area contributed by atoms with Gasteiger partial charge in [0.1, 0.15) is 11.6 Å². The minimum atomic E-state index is -0.457. The predicted octanol–water partition coefficient (Wildman–Crippen LogP) is 2.18. The van der Waals surface area contributed by atoms with Crippen molar-refractivity contribution in [2.24, 2.45) is 0 Å². The summed E-state index contributed by atoms with van der Waals surface area (Å²) in [6.45, 7) is 0. The number of hydrogen-bond donors (Lipinski definition) is 1. The molecule has 1 aromatic heterocycles. The molecule has 6 nitrogen and oxygen atoms in total. The molecular formula is C12H9BrN4O2S. The van der Waals surface area contributed by atoms with Crippen molar-refractivity contribution in [3.8, 4) is 0 Å². The van der Waals surface area contributed by atoms with Crippen molar-refractivity contribution >= 4 is 45.2 Å². The molecule has 0 bridgehead atoms. The first-order chi connectivity index (χ1) is 9.63. The van der Waals surface area contributed by atoms with E-state index >= 15 is 0 Å². The minimum absolute atomic E-state index is 0.102. The molecule has 1 aliphatic rings. The summed E-state index contributed by atoms with van der Waals surface area (Å²) >= 11 is 4.59. The Balaban J connectivity index is 1.62. The molecule has 1 atom stereocenters. The summed E-state index contributed by atoms with van der Waals surface area (Å²) in [7, 11) is 0. The van der Waals surface area contributed by atoms with E-state index < -0.39 is 5.25 Å². The Morgan fingerprint density at radius 1 is 1.40 bits per heavy atom. The molecule has 2 heterocycles. The molecule has 1 N–H and O–H groups in total. The lowest BCUT2D eigenvalue weighted by atomic mass is 10.2. The van der Waals surface area contributed by atoms with Crippen molar-refractivity contribution in [1.29, 1.82) is 0 Å². The van der Waals surface area contributed by atoms with Gasteiger partial charge in [0.2, 0.25) is 5.91 Å². The molecular weight excluding hydrogens is 344 g/mol. The van der Waals surface area contributed by atoms with Crippen LogP contribution in [0.2, 0.25) is 0 Å². The summed E-state index contributed by atoms with van der Waals surface area (Å²) in [5, 5.41) is 6.67. The number of benzene rings is 1. The number of carbonyl (C=O) groups is 2. The second-order valence-electron chi connectivity index (χ2n) is 4.16. The molecule has 0 saturated heterocycles. The third kappa shape index (κ3) is 2.61. The van der Waals surface area contributed by atoms with Crippen LogP contribution in [0.15, 0.2) is 40.2 Å². The van der Waals surface area contributed by atoms with Gasteiger partial charge in [-0.05, 0) is 24.3 Å². The van der Waals surface area contributed by atoms with Crippen molar-refractivity contribution in [2.45, 2.75) is 16.8 Å². The van der Waals surface area contributed by atoms with Crippen molar-refractivity contribution < 1.29 is 9.59 Å². The number of nitrogens with zero attached hydrogens (tertiary/aromatic N) is 3. The Hall–Kier alpha value is -1.67. The number of anilines is 1. The van der Waals surface area contributed by atoms with E-state index in [1.165, 1.54) is 22.8 Å². The van der Waals surface area contributed by atoms with Gasteiger partial charge in [-0.2, -0.15) is 9.78 Å². The fourth-order valence-corrected chi connectivity index (χ4v) is 3.12. The van der Waals surface area contributed by atoms with Crippen LogP contribution >= 0.6 is 27.7 Å². The first-order valence-electron chi connectivity index (χ1n) is 5.80. The van der Waals surface area contributed by atoms with E-state index in [9.17, 15) is 9.59 Å². The molecule has 0 saturated carbocycles. The molecule has 102 valence electrons. The summed E-state index contributed by atoms with van der Waals surface area (Å²) in [5.74, 6) is -0.405. The number of nitrogens with one attached hydrogen (secondary N) is 1. The molecule has 0 spiro atoms. The van der Waals surface area contributed by atoms with E-state index in [1.807, 2.05) is 12.1 Å². The zero-order chi connectivity index (χ0) is 14.1. The summed E-state index contributed by atoms with van der Waals surface area (Å²) in [6, 6.07) is 7.26. The Bertz CT molecular complexity index is 670. The Morgan fingerprint density at radius 2 is 2.15 bits per heavy atom. The van der Waals surface area contributed by atoms with Crippen LogP contribution in [0.5, 0.6) is 0 Å². The summed E-state index contributed by atoms with van der Waals surface area (Å²) in [6.07, 6.45) is 1.43. The normalized spacial score (nSPS) is 17.1. The predicted molar refractivity (Wildman–Crippen MR) is 77.7 cm³/mol. The molecule has 0 fully saturated rings. The van der Waals surface area contributed by atoms with Gasteiger partial charge in [-0.15, -0.1) is 0 Å². The number of halogens is 1. The van der Waals surface area contributed by atoms with Gasteiger partial charge < -0.3 is 5.32 Å². The van der Waals surface area contributed by atoms with Crippen LogP contribution in [-0.4, -0.2) is 31.8 Å². The first kappa shape index (κ1) is 13.3. The standard InChI is InChI=1S/C12H9BrN4O2S/c13-7-1-3-8(4-2-7)16-10(18)5-9-11(19)17-12(20-9)14-6-15-17/h1-4,6,9H,5H2,(H,16,18)/t9-/m1/s1. The lowest BCUT2D eigenvalue weighted by Gasteiger charge is -2.08. The van der Waals surface area contributed by atoms with Gasteiger partial charge in [0.25, 0.3) is 5.91 Å². The zero-order valence-electron chi connectivity index (χ0n) is 10.1. The summed E-state index contributed by atoms with van der Waals surface area (Å²) < 4.78 is 2.18. The second kappa shape index (κ2) is 5.37. The van der Waals surface area contributed by atoms with Crippen molar-refractivity contribution in [3.05, 3.63) is 35.1 Å². The van der Waals surface area contributed by atoms with E-state index in [-0.39, 0.29) is 18.2 Å². The Kier molecular flexibility index (Phi) is 3.58. The number of hydrogen-bond acceptors (Lipinski definition) is 5. The maximum absolute atomic E-state index is 11.9. The van der Waals surface area contributed by atoms with Crippen LogP contribution in [0, 0.1) is 0 Å². The number of carbonyl (C=O) groups excluding carboxylic acids is 2. The van der Waals surface area contributed by atoms with Crippen LogP contribution < -0.4 is 5.32 Å². The maximum Gasteiger partial charge on any atom is 0.263 e. The molecule has 1 aromatic carbocycles. The van der Waals surface area contributed by atoms with E-state index in [2.05, 4.69) is 31.3 Å². The molecule has 20 heavy (non-hydrogen) atoms. The van der Waals surface area contributed by atoms with Crippen LogP contribution in [0.1, 0.15) is 11.2 Å². The van der Waals surface area contributed by atoms with E-state index in [0.29, 0.717) is 10.8 Å². The molecule has 0 unspecified atom stereocenters. The van der Waals surface area contributed by atoms with Crippen LogP contribution in [0.4, 0.5) is 5.69 Å². The summed E-state index contributed by atoms with van der Waals surface area (Å²) in [5.41, 5.74) is 0.699. The lowest BCUT2D eigenvalue weighted by molar-refractivity contribution is -0.116. The van der Waals surface area contributed by atoms with Gasteiger partial charge in [-0.3, -0.25) is 9.59 Å². The topological polar surface area (TPSA) is 76.9 Å².